The Balaban J connectivity index is 1.82. The number of benzene rings is 2. The van der Waals surface area contributed by atoms with Crippen LogP contribution in [0.4, 0.5) is 5.95 Å². The van der Waals surface area contributed by atoms with Crippen molar-refractivity contribution in [1.82, 2.24) is 14.2 Å². The van der Waals surface area contributed by atoms with Gasteiger partial charge in [0.25, 0.3) is 10.0 Å². The maximum absolute atomic E-state index is 12.6. The van der Waals surface area contributed by atoms with E-state index >= 15 is 0 Å². The van der Waals surface area contributed by atoms with Crippen molar-refractivity contribution >= 4 is 39.3 Å². The minimum atomic E-state index is -3.87. The molecule has 3 aromatic rings. The second-order valence-corrected chi connectivity index (χ2v) is 8.48. The molecule has 0 spiro atoms. The fourth-order valence-corrected chi connectivity index (χ4v) is 4.18. The van der Waals surface area contributed by atoms with E-state index in [0.29, 0.717) is 15.9 Å². The molecular weight excluding hydrogens is 380 g/mol. The number of halogens is 1. The molecule has 9 heteroatoms. The number of nitrogens with zero attached hydrogens (tertiary/aromatic N) is 3. The number of thioether (sulfide) groups is 1. The zero-order valence-corrected chi connectivity index (χ0v) is 15.6. The predicted octanol–water partition coefficient (Wildman–Crippen LogP) is 3.35. The van der Waals surface area contributed by atoms with E-state index in [4.69, 9.17) is 17.3 Å². The van der Waals surface area contributed by atoms with Gasteiger partial charge in [-0.1, -0.05) is 53.2 Å². The number of aromatic nitrogens is 3. The summed E-state index contributed by atoms with van der Waals surface area (Å²) in [5.74, 6) is 0.407. The first-order valence-corrected chi connectivity index (χ1v) is 10.1. The van der Waals surface area contributed by atoms with Gasteiger partial charge in [0, 0.05) is 10.8 Å². The number of nitrogen functional groups attached to an aromatic ring is 1. The molecule has 3 rings (SSSR count). The van der Waals surface area contributed by atoms with Gasteiger partial charge in [-0.15, -0.1) is 9.19 Å². The van der Waals surface area contributed by atoms with Crippen LogP contribution in [0, 0.1) is 6.92 Å². The van der Waals surface area contributed by atoms with Gasteiger partial charge in [0.15, 0.2) is 0 Å². The molecule has 0 aliphatic carbocycles. The van der Waals surface area contributed by atoms with Crippen LogP contribution in [0.5, 0.6) is 0 Å². The molecule has 0 amide bonds. The lowest BCUT2D eigenvalue weighted by Gasteiger charge is -2.05. The highest BCUT2D eigenvalue weighted by Gasteiger charge is 2.22. The Morgan fingerprint density at radius 1 is 1.12 bits per heavy atom. The van der Waals surface area contributed by atoms with Crippen molar-refractivity contribution in [2.75, 3.05) is 5.73 Å². The average Bonchev–Trinajstić information content (AvgIpc) is 2.96. The molecule has 2 aromatic carbocycles. The molecule has 0 unspecified atom stereocenters. The second kappa shape index (κ2) is 7.07. The first kappa shape index (κ1) is 17.8. The summed E-state index contributed by atoms with van der Waals surface area (Å²) in [6, 6.07) is 13.8. The Morgan fingerprint density at radius 2 is 1.76 bits per heavy atom. The third kappa shape index (κ3) is 3.97. The molecule has 130 valence electrons. The molecule has 1 heterocycles. The van der Waals surface area contributed by atoms with Gasteiger partial charge in [-0.2, -0.15) is 13.4 Å². The summed E-state index contributed by atoms with van der Waals surface area (Å²) in [5, 5.41) is 4.99. The van der Waals surface area contributed by atoms with E-state index in [1.807, 2.05) is 19.1 Å². The highest BCUT2D eigenvalue weighted by Crippen LogP contribution is 2.24. The maximum atomic E-state index is 12.6. The van der Waals surface area contributed by atoms with Crippen LogP contribution in [0.3, 0.4) is 0 Å². The Hall–Kier alpha value is -2.03. The Kier molecular flexibility index (Phi) is 5.03. The molecule has 0 saturated carbocycles. The highest BCUT2D eigenvalue weighted by atomic mass is 35.5. The summed E-state index contributed by atoms with van der Waals surface area (Å²) in [6.45, 7) is 1.88. The van der Waals surface area contributed by atoms with E-state index < -0.39 is 10.0 Å². The van der Waals surface area contributed by atoms with Crippen LogP contribution in [0.2, 0.25) is 5.02 Å². The third-order valence-electron chi connectivity index (χ3n) is 3.41. The van der Waals surface area contributed by atoms with E-state index in [2.05, 4.69) is 10.1 Å². The lowest BCUT2D eigenvalue weighted by atomic mass is 10.2. The van der Waals surface area contributed by atoms with Crippen molar-refractivity contribution in [1.29, 1.82) is 0 Å². The van der Waals surface area contributed by atoms with E-state index in [9.17, 15) is 8.42 Å². The monoisotopic (exact) mass is 394 g/mol. The lowest BCUT2D eigenvalue weighted by Crippen LogP contribution is -2.17. The quantitative estimate of drug-likeness (QED) is 0.667. The molecule has 25 heavy (non-hydrogen) atoms. The molecule has 0 aliphatic rings. The summed E-state index contributed by atoms with van der Waals surface area (Å²) < 4.78 is 26.1. The Labute approximate surface area is 155 Å². The van der Waals surface area contributed by atoms with Gasteiger partial charge >= 0.3 is 0 Å². The van der Waals surface area contributed by atoms with Crippen LogP contribution in [-0.2, 0) is 15.8 Å². The highest BCUT2D eigenvalue weighted by molar-refractivity contribution is 7.98. The second-order valence-electron chi connectivity index (χ2n) is 5.33. The standard InChI is InChI=1S/C16H15ClN4O2S2/c1-11-2-8-14(9-3-11)25(22,23)21-15(18)19-16(20-21)24-10-12-4-6-13(17)7-5-12/h2-9H,10H2,1H3,(H2,18,19,20). The first-order valence-electron chi connectivity index (χ1n) is 7.28. The van der Waals surface area contributed by atoms with Crippen LogP contribution in [0.1, 0.15) is 11.1 Å². The molecule has 0 aliphatic heterocycles. The molecule has 0 bridgehead atoms. The van der Waals surface area contributed by atoms with Crippen molar-refractivity contribution in [3.05, 3.63) is 64.7 Å². The largest absolute Gasteiger partial charge is 0.367 e. The van der Waals surface area contributed by atoms with Crippen LogP contribution in [0.15, 0.2) is 58.6 Å². The SMILES string of the molecule is Cc1ccc(S(=O)(=O)n2nc(SCc3ccc(Cl)cc3)nc2N)cc1. The van der Waals surface area contributed by atoms with Crippen molar-refractivity contribution in [3.63, 3.8) is 0 Å². The van der Waals surface area contributed by atoms with Crippen molar-refractivity contribution in [3.8, 4) is 0 Å². The molecular formula is C16H15ClN4O2S2. The number of hydrogen-bond acceptors (Lipinski definition) is 6. The van der Waals surface area contributed by atoms with Gasteiger partial charge in [0.1, 0.15) is 0 Å². The molecule has 0 saturated heterocycles. The smallest absolute Gasteiger partial charge is 0.286 e. The molecule has 0 fully saturated rings. The number of hydrogen-bond donors (Lipinski definition) is 1. The number of aryl methyl sites for hydroxylation is 1. The van der Waals surface area contributed by atoms with E-state index in [0.717, 1.165) is 15.2 Å². The number of rotatable bonds is 5. The van der Waals surface area contributed by atoms with E-state index in [1.165, 1.54) is 23.9 Å². The van der Waals surface area contributed by atoms with Crippen molar-refractivity contribution in [2.24, 2.45) is 0 Å². The summed E-state index contributed by atoms with van der Waals surface area (Å²) in [6.07, 6.45) is 0. The number of nitrogens with two attached hydrogens (primary N) is 1. The molecule has 0 atom stereocenters. The maximum Gasteiger partial charge on any atom is 0.286 e. The van der Waals surface area contributed by atoms with Gasteiger partial charge in [0.2, 0.25) is 11.1 Å². The zero-order valence-electron chi connectivity index (χ0n) is 13.3. The van der Waals surface area contributed by atoms with Gasteiger partial charge in [0.05, 0.1) is 4.90 Å². The molecule has 2 N–H and O–H groups in total. The summed E-state index contributed by atoms with van der Waals surface area (Å²) >= 11 is 7.15. The summed E-state index contributed by atoms with van der Waals surface area (Å²) in [7, 11) is -3.87. The number of anilines is 1. The molecule has 0 radical (unpaired) electrons. The van der Waals surface area contributed by atoms with Crippen LogP contribution >= 0.6 is 23.4 Å². The minimum absolute atomic E-state index is 0.115. The lowest BCUT2D eigenvalue weighted by molar-refractivity contribution is 0.579. The van der Waals surface area contributed by atoms with Crippen LogP contribution < -0.4 is 5.73 Å². The zero-order chi connectivity index (χ0) is 18.0. The van der Waals surface area contributed by atoms with E-state index in [-0.39, 0.29) is 10.8 Å². The van der Waals surface area contributed by atoms with Crippen LogP contribution in [0.25, 0.3) is 0 Å². The Morgan fingerprint density at radius 3 is 2.40 bits per heavy atom. The normalized spacial score (nSPS) is 11.6. The summed E-state index contributed by atoms with van der Waals surface area (Å²) in [4.78, 5) is 4.15. The molecule has 6 nitrogen and oxygen atoms in total. The van der Waals surface area contributed by atoms with Crippen molar-refractivity contribution in [2.45, 2.75) is 22.7 Å². The first-order chi connectivity index (χ1) is 11.9. The average molecular weight is 395 g/mol. The van der Waals surface area contributed by atoms with Gasteiger partial charge in [-0.25, -0.2) is 0 Å². The Bertz CT molecular complexity index is 984. The van der Waals surface area contributed by atoms with Gasteiger partial charge in [-0.05, 0) is 36.8 Å². The predicted molar refractivity (Wildman–Crippen MR) is 99.2 cm³/mol. The van der Waals surface area contributed by atoms with Crippen molar-refractivity contribution < 1.29 is 8.42 Å². The van der Waals surface area contributed by atoms with Crippen LogP contribution in [-0.4, -0.2) is 22.6 Å². The minimum Gasteiger partial charge on any atom is -0.367 e. The molecule has 1 aromatic heterocycles. The van der Waals surface area contributed by atoms with Gasteiger partial charge in [-0.3, -0.25) is 0 Å². The fraction of sp³-hybridized carbons (Fsp3) is 0.125. The van der Waals surface area contributed by atoms with Gasteiger partial charge < -0.3 is 5.73 Å². The summed E-state index contributed by atoms with van der Waals surface area (Å²) in [5.41, 5.74) is 7.74. The van der Waals surface area contributed by atoms with E-state index in [1.54, 1.807) is 24.3 Å². The topological polar surface area (TPSA) is 90.9 Å². The third-order valence-corrected chi connectivity index (χ3v) is 6.16. The fourth-order valence-electron chi connectivity index (χ4n) is 2.07.